The van der Waals surface area contributed by atoms with Crippen molar-refractivity contribution in [3.8, 4) is 0 Å². The van der Waals surface area contributed by atoms with Gasteiger partial charge in [-0.1, -0.05) is 51.4 Å². The molecule has 0 heterocycles. The molecule has 2 aromatic rings. The quantitative estimate of drug-likeness (QED) is 0.375. The number of hydrogen-bond donors (Lipinski definition) is 2. The molecule has 0 radical (unpaired) electrons. The van der Waals surface area contributed by atoms with Crippen LogP contribution in [0, 0.1) is 5.82 Å². The fourth-order valence-corrected chi connectivity index (χ4v) is 2.23. The Morgan fingerprint density at radius 2 is 1.81 bits per heavy atom. The Kier molecular flexibility index (Phi) is 5.30. The van der Waals surface area contributed by atoms with Crippen molar-refractivity contribution in [3.63, 3.8) is 0 Å². The zero-order valence-corrected chi connectivity index (χ0v) is 12.7. The predicted octanol–water partition coefficient (Wildman–Crippen LogP) is 3.40. The Labute approximate surface area is 130 Å². The number of rotatable bonds is 5. The summed E-state index contributed by atoms with van der Waals surface area (Å²) in [6.07, 6.45) is 0. The van der Waals surface area contributed by atoms with Crippen molar-refractivity contribution >= 4 is 21.8 Å². The van der Waals surface area contributed by atoms with Gasteiger partial charge in [-0.2, -0.15) is 0 Å². The summed E-state index contributed by atoms with van der Waals surface area (Å²) in [6, 6.07) is 12.3. The van der Waals surface area contributed by atoms with Crippen LogP contribution in [0.4, 0.5) is 4.39 Å². The lowest BCUT2D eigenvalue weighted by atomic mass is 10.1. The van der Waals surface area contributed by atoms with Gasteiger partial charge in [0.2, 0.25) is 0 Å². The van der Waals surface area contributed by atoms with Crippen LogP contribution >= 0.6 is 15.9 Å². The average molecular weight is 353 g/mol. The minimum atomic E-state index is -0.542. The number of benzene rings is 2. The van der Waals surface area contributed by atoms with E-state index in [2.05, 4.69) is 21.1 Å². The van der Waals surface area contributed by atoms with Crippen LogP contribution in [-0.4, -0.2) is 11.0 Å². The van der Waals surface area contributed by atoms with E-state index in [1.54, 1.807) is 12.1 Å². The zero-order chi connectivity index (χ0) is 15.2. The van der Waals surface area contributed by atoms with Crippen LogP contribution in [-0.2, 0) is 18.0 Å². The Hall–Kier alpha value is -1.92. The summed E-state index contributed by atoms with van der Waals surface area (Å²) in [6.45, 7) is 0.453. The van der Waals surface area contributed by atoms with Crippen LogP contribution in [0.1, 0.15) is 16.7 Å². The van der Waals surface area contributed by atoms with E-state index in [-0.39, 0.29) is 18.0 Å². The molecule has 2 aromatic carbocycles. The van der Waals surface area contributed by atoms with Crippen molar-refractivity contribution in [1.29, 1.82) is 0 Å². The van der Waals surface area contributed by atoms with Gasteiger partial charge in [-0.05, 0) is 17.7 Å². The van der Waals surface area contributed by atoms with E-state index in [9.17, 15) is 4.39 Å². The third-order valence-corrected chi connectivity index (χ3v) is 3.71. The molecule has 0 saturated heterocycles. The van der Waals surface area contributed by atoms with E-state index in [4.69, 9.17) is 15.7 Å². The second kappa shape index (κ2) is 7.19. The number of hydrogen-bond acceptors (Lipinski definition) is 3. The summed E-state index contributed by atoms with van der Waals surface area (Å²) >= 11 is 3.42. The summed E-state index contributed by atoms with van der Waals surface area (Å²) in [4.78, 5) is 0. The number of amidine groups is 1. The Balaban J connectivity index is 2.06. The number of halogens is 2. The van der Waals surface area contributed by atoms with Crippen molar-refractivity contribution in [1.82, 2.24) is 0 Å². The number of oxime groups is 1. The van der Waals surface area contributed by atoms with Crippen LogP contribution in [0.2, 0.25) is 0 Å². The third kappa shape index (κ3) is 3.80. The maximum absolute atomic E-state index is 14.2. The molecule has 0 fully saturated rings. The van der Waals surface area contributed by atoms with Gasteiger partial charge >= 0.3 is 0 Å². The van der Waals surface area contributed by atoms with Gasteiger partial charge in [0.1, 0.15) is 5.82 Å². The van der Waals surface area contributed by atoms with Gasteiger partial charge < -0.3 is 15.7 Å². The number of nitrogens with two attached hydrogens (primary N) is 1. The lowest BCUT2D eigenvalue weighted by Gasteiger charge is -2.09. The monoisotopic (exact) mass is 352 g/mol. The summed E-state index contributed by atoms with van der Waals surface area (Å²) in [7, 11) is 0. The van der Waals surface area contributed by atoms with E-state index in [0.717, 1.165) is 10.0 Å². The molecule has 0 bridgehead atoms. The first-order valence-electron chi connectivity index (χ1n) is 6.20. The van der Waals surface area contributed by atoms with Crippen molar-refractivity contribution in [2.45, 2.75) is 13.2 Å². The highest BCUT2D eigenvalue weighted by atomic mass is 79.9. The van der Waals surface area contributed by atoms with E-state index in [1.165, 1.54) is 6.07 Å². The van der Waals surface area contributed by atoms with E-state index in [1.807, 2.05) is 24.3 Å². The Morgan fingerprint density at radius 1 is 1.14 bits per heavy atom. The van der Waals surface area contributed by atoms with Crippen molar-refractivity contribution in [2.75, 3.05) is 0 Å². The largest absolute Gasteiger partial charge is 0.409 e. The highest BCUT2D eigenvalue weighted by Gasteiger charge is 2.11. The molecule has 110 valence electrons. The van der Waals surface area contributed by atoms with E-state index >= 15 is 0 Å². The lowest BCUT2D eigenvalue weighted by molar-refractivity contribution is 0.104. The van der Waals surface area contributed by atoms with Crippen LogP contribution in [0.15, 0.2) is 52.1 Å². The van der Waals surface area contributed by atoms with Crippen molar-refractivity contribution in [2.24, 2.45) is 10.9 Å². The second-order valence-electron chi connectivity index (χ2n) is 4.35. The van der Waals surface area contributed by atoms with Gasteiger partial charge in [0.05, 0.1) is 18.8 Å². The van der Waals surface area contributed by atoms with Crippen molar-refractivity contribution < 1.29 is 14.3 Å². The molecule has 3 N–H and O–H groups in total. The van der Waals surface area contributed by atoms with Gasteiger partial charge in [0.25, 0.3) is 0 Å². The fourth-order valence-electron chi connectivity index (χ4n) is 1.83. The van der Waals surface area contributed by atoms with E-state index < -0.39 is 5.82 Å². The first-order chi connectivity index (χ1) is 10.1. The first kappa shape index (κ1) is 15.5. The lowest BCUT2D eigenvalue weighted by Crippen LogP contribution is -2.16. The third-order valence-electron chi connectivity index (χ3n) is 2.94. The molecule has 0 amide bonds. The number of nitrogens with zero attached hydrogens (tertiary/aromatic N) is 1. The summed E-state index contributed by atoms with van der Waals surface area (Å²) < 4.78 is 20.6. The normalized spacial score (nSPS) is 11.6. The SMILES string of the molecule is N/C(=N/O)c1cccc(COCc2ccccc2Br)c1F. The van der Waals surface area contributed by atoms with Crippen LogP contribution in [0.5, 0.6) is 0 Å². The van der Waals surface area contributed by atoms with Crippen LogP contribution in [0.3, 0.4) is 0 Å². The molecule has 0 aliphatic heterocycles. The van der Waals surface area contributed by atoms with Crippen LogP contribution in [0.25, 0.3) is 0 Å². The van der Waals surface area contributed by atoms with E-state index in [0.29, 0.717) is 12.2 Å². The van der Waals surface area contributed by atoms with Crippen LogP contribution < -0.4 is 5.73 Å². The van der Waals surface area contributed by atoms with Gasteiger partial charge in [-0.25, -0.2) is 4.39 Å². The zero-order valence-electron chi connectivity index (χ0n) is 11.1. The standard InChI is InChI=1S/C15H14BrFN2O2/c16-13-7-2-1-4-10(13)8-21-9-11-5-3-6-12(14(11)17)15(18)19-20/h1-7,20H,8-9H2,(H2,18,19). The van der Waals surface area contributed by atoms with Gasteiger partial charge in [-0.15, -0.1) is 0 Å². The molecule has 0 unspecified atom stereocenters. The Bertz CT molecular complexity index is 662. The molecule has 0 saturated carbocycles. The molecule has 0 aliphatic rings. The van der Waals surface area contributed by atoms with Crippen molar-refractivity contribution in [3.05, 3.63) is 69.4 Å². The number of ether oxygens (including phenoxy) is 1. The molecule has 0 aliphatic carbocycles. The topological polar surface area (TPSA) is 67.8 Å². The minimum Gasteiger partial charge on any atom is -0.409 e. The van der Waals surface area contributed by atoms with Gasteiger partial charge in [-0.3, -0.25) is 0 Å². The summed E-state index contributed by atoms with van der Waals surface area (Å²) in [5, 5.41) is 11.4. The highest BCUT2D eigenvalue weighted by molar-refractivity contribution is 9.10. The molecular weight excluding hydrogens is 339 g/mol. The second-order valence-corrected chi connectivity index (χ2v) is 5.20. The highest BCUT2D eigenvalue weighted by Crippen LogP contribution is 2.18. The molecule has 6 heteroatoms. The average Bonchev–Trinajstić information content (AvgIpc) is 2.50. The molecule has 2 rings (SSSR count). The summed E-state index contributed by atoms with van der Waals surface area (Å²) in [5.74, 6) is -0.805. The molecular formula is C15H14BrFN2O2. The minimum absolute atomic E-state index is 0.0551. The summed E-state index contributed by atoms with van der Waals surface area (Å²) in [5.41, 5.74) is 6.80. The van der Waals surface area contributed by atoms with Gasteiger partial charge in [0, 0.05) is 10.0 Å². The molecule has 4 nitrogen and oxygen atoms in total. The van der Waals surface area contributed by atoms with Gasteiger partial charge in [0.15, 0.2) is 5.84 Å². The Morgan fingerprint density at radius 3 is 2.52 bits per heavy atom. The smallest absolute Gasteiger partial charge is 0.173 e. The predicted molar refractivity (Wildman–Crippen MR) is 81.5 cm³/mol. The molecule has 0 spiro atoms. The maximum Gasteiger partial charge on any atom is 0.173 e. The fraction of sp³-hybridized carbons (Fsp3) is 0.133. The first-order valence-corrected chi connectivity index (χ1v) is 6.99. The molecule has 0 aromatic heterocycles. The maximum atomic E-state index is 14.2. The molecule has 21 heavy (non-hydrogen) atoms. The molecule has 0 atom stereocenters.